The summed E-state index contributed by atoms with van der Waals surface area (Å²) in [5.41, 5.74) is 1.64. The van der Waals surface area contributed by atoms with E-state index in [0.717, 1.165) is 45.3 Å². The lowest BCUT2D eigenvalue weighted by atomic mass is 9.60. The fraction of sp³-hybridized carbons (Fsp3) is 0.458. The summed E-state index contributed by atoms with van der Waals surface area (Å²) in [5.74, 6) is -5.51. The van der Waals surface area contributed by atoms with Gasteiger partial charge in [0.2, 0.25) is 10.0 Å². The zero-order valence-electron chi connectivity index (χ0n) is 20.8. The number of sulfonamides is 1. The second-order valence-corrected chi connectivity index (χ2v) is 11.0. The fourth-order valence-electron chi connectivity index (χ4n) is 4.30. The minimum absolute atomic E-state index is 0.0759. The number of nitrogens with one attached hydrogen (secondary N) is 1. The van der Waals surface area contributed by atoms with Crippen LogP contribution < -0.4 is 4.72 Å². The van der Waals surface area contributed by atoms with Gasteiger partial charge in [0.15, 0.2) is 0 Å². The molecule has 1 saturated carbocycles. The molecule has 16 heteroatoms. The van der Waals surface area contributed by atoms with Crippen molar-refractivity contribution < 1.29 is 54.6 Å². The molecular formula is C24H27F6N3O6S. The number of hydrogen-bond donors (Lipinski definition) is 3. The van der Waals surface area contributed by atoms with Crippen molar-refractivity contribution >= 4 is 22.0 Å². The quantitative estimate of drug-likeness (QED) is 0.438. The summed E-state index contributed by atoms with van der Waals surface area (Å²) in [6, 6.07) is 12.9. The molecule has 2 fully saturated rings. The summed E-state index contributed by atoms with van der Waals surface area (Å²) in [6.07, 6.45) is -2.25. The minimum Gasteiger partial charge on any atom is -0.475 e. The zero-order valence-corrected chi connectivity index (χ0v) is 21.6. The third-order valence-corrected chi connectivity index (χ3v) is 7.83. The van der Waals surface area contributed by atoms with Crippen LogP contribution in [0.1, 0.15) is 31.2 Å². The Labute approximate surface area is 225 Å². The van der Waals surface area contributed by atoms with Crippen LogP contribution in [0.15, 0.2) is 59.8 Å². The van der Waals surface area contributed by atoms with Crippen LogP contribution in [0.3, 0.4) is 0 Å². The molecular weight excluding hydrogens is 572 g/mol. The van der Waals surface area contributed by atoms with Gasteiger partial charge < -0.3 is 10.2 Å². The average molecular weight is 600 g/mol. The summed E-state index contributed by atoms with van der Waals surface area (Å²) < 4.78 is 91.2. The molecule has 222 valence electrons. The van der Waals surface area contributed by atoms with Crippen molar-refractivity contribution in [1.82, 2.24) is 14.6 Å². The molecule has 1 aliphatic carbocycles. The van der Waals surface area contributed by atoms with Gasteiger partial charge in [0.1, 0.15) is 0 Å². The largest absolute Gasteiger partial charge is 0.490 e. The Balaban J connectivity index is 0.000000333. The molecule has 0 radical (unpaired) electrons. The highest BCUT2D eigenvalue weighted by Crippen LogP contribution is 2.49. The predicted molar refractivity (Wildman–Crippen MR) is 128 cm³/mol. The van der Waals surface area contributed by atoms with E-state index < -0.39 is 34.3 Å². The standard InChI is InChI=1S/C20H25N3O2S.2C2HF3O2/c24-26(25,19-4-2-1-3-5-19)22-18-14-20(15-18)8-12-23(13-9-20)16-17-6-10-21-11-7-17;2*3-2(4,5)1(6)7/h1-7,10-11,18,22H,8-9,12-16H2;2*(H,6,7). The summed E-state index contributed by atoms with van der Waals surface area (Å²) in [6.45, 7) is 3.14. The van der Waals surface area contributed by atoms with E-state index in [2.05, 4.69) is 26.7 Å². The van der Waals surface area contributed by atoms with Crippen LogP contribution in [0.4, 0.5) is 26.3 Å². The molecule has 2 aromatic rings. The van der Waals surface area contributed by atoms with Crippen molar-refractivity contribution in [2.45, 2.75) is 55.5 Å². The van der Waals surface area contributed by atoms with Crippen molar-refractivity contribution in [2.24, 2.45) is 5.41 Å². The summed E-state index contributed by atoms with van der Waals surface area (Å²) in [4.78, 5) is 24.7. The number of carboxylic acid groups (broad SMARTS) is 2. The maximum atomic E-state index is 12.4. The van der Waals surface area contributed by atoms with Crippen molar-refractivity contribution in [3.8, 4) is 0 Å². The van der Waals surface area contributed by atoms with Gasteiger partial charge in [0.25, 0.3) is 0 Å². The van der Waals surface area contributed by atoms with Gasteiger partial charge in [-0.15, -0.1) is 0 Å². The monoisotopic (exact) mass is 599 g/mol. The maximum Gasteiger partial charge on any atom is 0.490 e. The molecule has 0 unspecified atom stereocenters. The second kappa shape index (κ2) is 13.4. The Morgan fingerprint density at radius 3 is 1.77 bits per heavy atom. The summed E-state index contributed by atoms with van der Waals surface area (Å²) in [5, 5.41) is 14.2. The van der Waals surface area contributed by atoms with Crippen molar-refractivity contribution in [2.75, 3.05) is 13.1 Å². The highest BCUT2D eigenvalue weighted by Gasteiger charge is 2.47. The molecule has 1 aromatic carbocycles. The van der Waals surface area contributed by atoms with Gasteiger partial charge in [-0.1, -0.05) is 18.2 Å². The molecule has 1 aromatic heterocycles. The number of aromatic nitrogens is 1. The van der Waals surface area contributed by atoms with E-state index in [-0.39, 0.29) is 6.04 Å². The lowest BCUT2D eigenvalue weighted by Crippen LogP contribution is -2.54. The number of nitrogens with zero attached hydrogens (tertiary/aromatic N) is 2. The molecule has 1 aliphatic heterocycles. The van der Waals surface area contributed by atoms with Crippen LogP contribution in [0.2, 0.25) is 0 Å². The molecule has 0 bridgehead atoms. The van der Waals surface area contributed by atoms with Crippen LogP contribution in [-0.2, 0) is 26.2 Å². The molecule has 9 nitrogen and oxygen atoms in total. The van der Waals surface area contributed by atoms with Gasteiger partial charge in [-0.05, 0) is 74.0 Å². The first-order valence-electron chi connectivity index (χ1n) is 11.7. The topological polar surface area (TPSA) is 137 Å². The van der Waals surface area contributed by atoms with Gasteiger partial charge >= 0.3 is 24.3 Å². The van der Waals surface area contributed by atoms with Crippen molar-refractivity contribution in [3.05, 3.63) is 60.4 Å². The van der Waals surface area contributed by atoms with Crippen LogP contribution >= 0.6 is 0 Å². The Kier molecular flexibility index (Phi) is 11.1. The molecule has 0 atom stereocenters. The molecule has 1 spiro atoms. The molecule has 1 saturated heterocycles. The van der Waals surface area contributed by atoms with Crippen LogP contribution in [-0.4, -0.2) is 71.9 Å². The van der Waals surface area contributed by atoms with E-state index in [1.54, 1.807) is 24.3 Å². The first-order chi connectivity index (χ1) is 18.4. The molecule has 40 heavy (non-hydrogen) atoms. The number of likely N-dealkylation sites (tertiary alicyclic amines) is 1. The highest BCUT2D eigenvalue weighted by molar-refractivity contribution is 7.89. The Morgan fingerprint density at radius 1 is 0.900 bits per heavy atom. The molecule has 2 aliphatic rings. The fourth-order valence-corrected chi connectivity index (χ4v) is 5.55. The van der Waals surface area contributed by atoms with E-state index in [9.17, 15) is 34.8 Å². The Morgan fingerprint density at radius 2 is 1.35 bits per heavy atom. The highest BCUT2D eigenvalue weighted by atomic mass is 32.2. The van der Waals surface area contributed by atoms with Crippen molar-refractivity contribution in [1.29, 1.82) is 0 Å². The number of piperidine rings is 1. The number of halogens is 6. The van der Waals surface area contributed by atoms with E-state index >= 15 is 0 Å². The number of carbonyl (C=O) groups is 2. The Hall–Kier alpha value is -3.24. The number of benzene rings is 1. The smallest absolute Gasteiger partial charge is 0.475 e. The zero-order chi connectivity index (χ0) is 30.2. The predicted octanol–water partition coefficient (Wildman–Crippen LogP) is 4.07. The van der Waals surface area contributed by atoms with Gasteiger partial charge in [-0.2, -0.15) is 26.3 Å². The van der Waals surface area contributed by atoms with E-state index in [4.69, 9.17) is 19.8 Å². The molecule has 4 rings (SSSR count). The van der Waals surface area contributed by atoms with Crippen LogP contribution in [0, 0.1) is 5.41 Å². The maximum absolute atomic E-state index is 12.4. The van der Waals surface area contributed by atoms with Crippen LogP contribution in [0.25, 0.3) is 0 Å². The number of aliphatic carboxylic acids is 2. The van der Waals surface area contributed by atoms with Gasteiger partial charge in [0, 0.05) is 25.0 Å². The second-order valence-electron chi connectivity index (χ2n) is 9.28. The molecule has 2 heterocycles. The SMILES string of the molecule is O=C(O)C(F)(F)F.O=C(O)C(F)(F)F.O=S(=O)(NC1CC2(CCN(Cc3ccncc3)CC2)C1)c1ccccc1. The summed E-state index contributed by atoms with van der Waals surface area (Å²) >= 11 is 0. The Bertz CT molecular complexity index is 1190. The number of alkyl halides is 6. The third-order valence-electron chi connectivity index (χ3n) is 6.29. The van der Waals surface area contributed by atoms with Gasteiger partial charge in [-0.25, -0.2) is 22.7 Å². The third kappa shape index (κ3) is 10.4. The molecule has 0 amide bonds. The van der Waals surface area contributed by atoms with Gasteiger partial charge in [0.05, 0.1) is 4.90 Å². The normalized spacial score (nSPS) is 17.4. The average Bonchev–Trinajstić information content (AvgIpc) is 2.85. The summed E-state index contributed by atoms with van der Waals surface area (Å²) in [7, 11) is -3.39. The number of rotatable bonds is 5. The minimum atomic E-state index is -5.08. The number of carboxylic acids is 2. The molecule has 3 N–H and O–H groups in total. The lowest BCUT2D eigenvalue weighted by molar-refractivity contribution is -0.193. The van der Waals surface area contributed by atoms with Crippen molar-refractivity contribution in [3.63, 3.8) is 0 Å². The van der Waals surface area contributed by atoms with Crippen LogP contribution in [0.5, 0.6) is 0 Å². The lowest BCUT2D eigenvalue weighted by Gasteiger charge is -2.52. The van der Waals surface area contributed by atoms with Gasteiger partial charge in [-0.3, -0.25) is 9.88 Å². The van der Waals surface area contributed by atoms with E-state index in [1.165, 1.54) is 5.56 Å². The number of pyridine rings is 1. The van der Waals surface area contributed by atoms with E-state index in [1.807, 2.05) is 18.5 Å². The van der Waals surface area contributed by atoms with E-state index in [0.29, 0.717) is 10.3 Å². The number of hydrogen-bond acceptors (Lipinski definition) is 6. The first-order valence-corrected chi connectivity index (χ1v) is 13.2. The first kappa shape index (κ1) is 33.0.